The van der Waals surface area contributed by atoms with E-state index in [9.17, 15) is 14.4 Å². The smallest absolute Gasteiger partial charge is 0.338 e. The summed E-state index contributed by atoms with van der Waals surface area (Å²) >= 11 is 0. The highest BCUT2D eigenvalue weighted by Crippen LogP contribution is 2.33. The predicted octanol–water partition coefficient (Wildman–Crippen LogP) is 1.74. The van der Waals surface area contributed by atoms with E-state index >= 15 is 0 Å². The van der Waals surface area contributed by atoms with Gasteiger partial charge < -0.3 is 18.9 Å². The second kappa shape index (κ2) is 8.32. The summed E-state index contributed by atoms with van der Waals surface area (Å²) < 4.78 is 20.9. The summed E-state index contributed by atoms with van der Waals surface area (Å²) in [4.78, 5) is 37.8. The Bertz CT molecular complexity index is 733. The van der Waals surface area contributed by atoms with Crippen LogP contribution in [0, 0.1) is 0 Å². The number of rotatable bonds is 6. The molecule has 2 rings (SSSR count). The molecule has 1 fully saturated rings. The molecule has 0 spiro atoms. The van der Waals surface area contributed by atoms with Gasteiger partial charge in [0.05, 0.1) is 12.2 Å². The van der Waals surface area contributed by atoms with Crippen LogP contribution in [-0.4, -0.2) is 49.1 Å². The van der Waals surface area contributed by atoms with Crippen LogP contribution >= 0.6 is 0 Å². The SMILES string of the molecule is CC(=O)O[C@H]1[C@H](N=[N+]=[N-])OC[C@@]1(COC(=O)c1ccccc1)OC(C)=O. The molecule has 0 saturated carbocycles. The normalized spacial score (nSPS) is 24.2. The van der Waals surface area contributed by atoms with E-state index in [0.29, 0.717) is 5.56 Å². The van der Waals surface area contributed by atoms with Crippen LogP contribution in [0.3, 0.4) is 0 Å². The molecule has 0 aliphatic carbocycles. The van der Waals surface area contributed by atoms with Crippen molar-refractivity contribution in [2.24, 2.45) is 5.11 Å². The minimum atomic E-state index is -1.62. The van der Waals surface area contributed by atoms with E-state index in [2.05, 4.69) is 10.0 Å². The number of carbonyl (C=O) groups excluding carboxylic acids is 3. The summed E-state index contributed by atoms with van der Waals surface area (Å²) in [5.41, 5.74) is 7.31. The third-order valence-electron chi connectivity index (χ3n) is 3.54. The first kappa shape index (κ1) is 19.2. The molecule has 1 aliphatic heterocycles. The van der Waals surface area contributed by atoms with Crippen molar-refractivity contribution in [3.05, 3.63) is 46.3 Å². The minimum Gasteiger partial charge on any atom is -0.458 e. The van der Waals surface area contributed by atoms with Crippen molar-refractivity contribution in [3.8, 4) is 0 Å². The molecule has 1 aromatic rings. The van der Waals surface area contributed by atoms with Crippen molar-refractivity contribution >= 4 is 17.9 Å². The Hall–Kier alpha value is -3.10. The van der Waals surface area contributed by atoms with Crippen molar-refractivity contribution in [2.45, 2.75) is 31.8 Å². The summed E-state index contributed by atoms with van der Waals surface area (Å²) in [6.45, 7) is 1.55. The molecular formula is C16H17N3O7. The molecule has 0 aromatic heterocycles. The summed E-state index contributed by atoms with van der Waals surface area (Å²) in [6, 6.07) is 8.17. The number of carbonyl (C=O) groups is 3. The first-order valence-corrected chi connectivity index (χ1v) is 7.63. The van der Waals surface area contributed by atoms with Gasteiger partial charge in [-0.15, -0.1) is 0 Å². The maximum atomic E-state index is 12.2. The van der Waals surface area contributed by atoms with E-state index in [1.807, 2.05) is 0 Å². The van der Waals surface area contributed by atoms with Crippen molar-refractivity contribution in [3.63, 3.8) is 0 Å². The first-order chi connectivity index (χ1) is 12.4. The molecule has 1 aliphatic rings. The molecule has 0 N–H and O–H groups in total. The van der Waals surface area contributed by atoms with E-state index in [1.165, 1.54) is 0 Å². The van der Waals surface area contributed by atoms with E-state index in [1.54, 1.807) is 30.3 Å². The number of benzene rings is 1. The monoisotopic (exact) mass is 363 g/mol. The van der Waals surface area contributed by atoms with Crippen LogP contribution in [0.15, 0.2) is 35.4 Å². The van der Waals surface area contributed by atoms with Gasteiger partial charge in [-0.2, -0.15) is 0 Å². The van der Waals surface area contributed by atoms with Crippen LogP contribution < -0.4 is 0 Å². The van der Waals surface area contributed by atoms with Gasteiger partial charge in [-0.1, -0.05) is 23.3 Å². The van der Waals surface area contributed by atoms with Crippen molar-refractivity contribution in [2.75, 3.05) is 13.2 Å². The van der Waals surface area contributed by atoms with Gasteiger partial charge in [0.15, 0.2) is 12.3 Å². The van der Waals surface area contributed by atoms with Crippen molar-refractivity contribution in [1.82, 2.24) is 0 Å². The second-order valence-electron chi connectivity index (χ2n) is 5.54. The van der Waals surface area contributed by atoms with Gasteiger partial charge in [-0.05, 0) is 17.7 Å². The number of ether oxygens (including phenoxy) is 4. The lowest BCUT2D eigenvalue weighted by Gasteiger charge is -2.32. The fourth-order valence-corrected chi connectivity index (χ4v) is 2.52. The Morgan fingerprint density at radius 1 is 1.27 bits per heavy atom. The molecular weight excluding hydrogens is 346 g/mol. The van der Waals surface area contributed by atoms with Crippen LogP contribution in [0.1, 0.15) is 24.2 Å². The number of hydrogen-bond donors (Lipinski definition) is 0. The highest BCUT2D eigenvalue weighted by molar-refractivity contribution is 5.89. The molecule has 1 saturated heterocycles. The zero-order chi connectivity index (χ0) is 19.2. The molecule has 0 bridgehead atoms. The highest BCUT2D eigenvalue weighted by atomic mass is 16.7. The van der Waals surface area contributed by atoms with Gasteiger partial charge in [0.1, 0.15) is 6.61 Å². The van der Waals surface area contributed by atoms with E-state index in [0.717, 1.165) is 13.8 Å². The highest BCUT2D eigenvalue weighted by Gasteiger charge is 2.56. The average Bonchev–Trinajstić information content (AvgIpc) is 2.91. The lowest BCUT2D eigenvalue weighted by molar-refractivity contribution is -0.184. The number of nitrogens with zero attached hydrogens (tertiary/aromatic N) is 3. The molecule has 10 nitrogen and oxygen atoms in total. The van der Waals surface area contributed by atoms with E-state index < -0.39 is 42.4 Å². The van der Waals surface area contributed by atoms with Crippen LogP contribution in [0.25, 0.3) is 10.4 Å². The van der Waals surface area contributed by atoms with Gasteiger partial charge in [0.25, 0.3) is 0 Å². The van der Waals surface area contributed by atoms with Crippen LogP contribution in [-0.2, 0) is 28.5 Å². The quantitative estimate of drug-likeness (QED) is 0.247. The fraction of sp³-hybridized carbons (Fsp3) is 0.438. The standard InChI is InChI=1S/C16H17N3O7/c1-10(20)25-13-14(18-19-17)23-8-16(13,26-11(2)21)9-24-15(22)12-6-4-3-5-7-12/h3-7,13-14H,8-9H2,1-2H3/t13-,14+,16-/m0/s1. The maximum absolute atomic E-state index is 12.2. The fourth-order valence-electron chi connectivity index (χ4n) is 2.52. The predicted molar refractivity (Wildman–Crippen MR) is 85.7 cm³/mol. The first-order valence-electron chi connectivity index (χ1n) is 7.63. The molecule has 0 amide bonds. The third-order valence-corrected chi connectivity index (χ3v) is 3.54. The molecule has 1 heterocycles. The third kappa shape index (κ3) is 4.50. The molecule has 10 heteroatoms. The van der Waals surface area contributed by atoms with Crippen molar-refractivity contribution < 1.29 is 33.3 Å². The molecule has 0 radical (unpaired) electrons. The summed E-state index contributed by atoms with van der Waals surface area (Å²) in [5, 5.41) is 3.40. The van der Waals surface area contributed by atoms with Crippen molar-refractivity contribution in [1.29, 1.82) is 0 Å². The lowest BCUT2D eigenvalue weighted by Crippen LogP contribution is -2.53. The van der Waals surface area contributed by atoms with Gasteiger partial charge in [0, 0.05) is 18.8 Å². The molecule has 1 aromatic carbocycles. The molecule has 3 atom stereocenters. The second-order valence-corrected chi connectivity index (χ2v) is 5.54. The number of azide groups is 1. The maximum Gasteiger partial charge on any atom is 0.338 e. The Morgan fingerprint density at radius 2 is 1.96 bits per heavy atom. The van der Waals surface area contributed by atoms with Crippen LogP contribution in [0.4, 0.5) is 0 Å². The Labute approximate surface area is 148 Å². The average molecular weight is 363 g/mol. The molecule has 26 heavy (non-hydrogen) atoms. The Morgan fingerprint density at radius 3 is 2.54 bits per heavy atom. The Balaban J connectivity index is 2.25. The van der Waals surface area contributed by atoms with Gasteiger partial charge >= 0.3 is 17.9 Å². The summed E-state index contributed by atoms with van der Waals surface area (Å²) in [5.74, 6) is -2.07. The van der Waals surface area contributed by atoms with E-state index in [-0.39, 0.29) is 6.61 Å². The van der Waals surface area contributed by atoms with Crippen LogP contribution in [0.2, 0.25) is 0 Å². The largest absolute Gasteiger partial charge is 0.458 e. The zero-order valence-electron chi connectivity index (χ0n) is 14.2. The summed E-state index contributed by atoms with van der Waals surface area (Å²) in [7, 11) is 0. The van der Waals surface area contributed by atoms with Crippen LogP contribution in [0.5, 0.6) is 0 Å². The number of hydrogen-bond acceptors (Lipinski definition) is 8. The van der Waals surface area contributed by atoms with Gasteiger partial charge in [-0.3, -0.25) is 9.59 Å². The van der Waals surface area contributed by atoms with Gasteiger partial charge in [0.2, 0.25) is 5.60 Å². The number of esters is 3. The topological polar surface area (TPSA) is 137 Å². The zero-order valence-corrected chi connectivity index (χ0v) is 14.2. The Kier molecular flexibility index (Phi) is 6.16. The van der Waals surface area contributed by atoms with Gasteiger partial charge in [-0.25, -0.2) is 4.79 Å². The molecule has 0 unspecified atom stereocenters. The lowest BCUT2D eigenvalue weighted by atomic mass is 9.99. The summed E-state index contributed by atoms with van der Waals surface area (Å²) in [6.07, 6.45) is -2.48. The van der Waals surface area contributed by atoms with E-state index in [4.69, 9.17) is 24.5 Å². The minimum absolute atomic E-state index is 0.281. The molecule has 138 valence electrons.